The maximum Gasteiger partial charge on any atom is 0.279 e. The molecule has 1 aliphatic heterocycles. The SMILES string of the molecule is CNC(=O)SC1CS1. The second kappa shape index (κ2) is 2.64. The molecule has 0 aromatic carbocycles. The summed E-state index contributed by atoms with van der Waals surface area (Å²) in [5.41, 5.74) is 0. The van der Waals surface area contributed by atoms with Gasteiger partial charge in [0.05, 0.1) is 4.58 Å². The lowest BCUT2D eigenvalue weighted by molar-refractivity contribution is 0.262. The first-order valence-electron chi connectivity index (χ1n) is 2.33. The average molecular weight is 149 g/mol. The fourth-order valence-electron chi connectivity index (χ4n) is 0.286. The monoisotopic (exact) mass is 149 g/mol. The Kier molecular flexibility index (Phi) is 2.08. The maximum atomic E-state index is 10.5. The smallest absolute Gasteiger partial charge is 0.279 e. The fraction of sp³-hybridized carbons (Fsp3) is 0.750. The Morgan fingerprint density at radius 2 is 2.62 bits per heavy atom. The first-order chi connectivity index (χ1) is 3.83. The molecule has 0 aliphatic carbocycles. The van der Waals surface area contributed by atoms with Gasteiger partial charge in [-0.3, -0.25) is 4.79 Å². The van der Waals surface area contributed by atoms with Crippen LogP contribution in [0.4, 0.5) is 4.79 Å². The van der Waals surface area contributed by atoms with E-state index in [1.807, 2.05) is 11.8 Å². The first kappa shape index (κ1) is 6.29. The van der Waals surface area contributed by atoms with Crippen LogP contribution in [0.3, 0.4) is 0 Å². The number of thioether (sulfide) groups is 2. The topological polar surface area (TPSA) is 29.1 Å². The van der Waals surface area contributed by atoms with Gasteiger partial charge >= 0.3 is 0 Å². The van der Waals surface area contributed by atoms with Gasteiger partial charge in [0.15, 0.2) is 0 Å². The molecule has 0 radical (unpaired) electrons. The van der Waals surface area contributed by atoms with E-state index in [0.717, 1.165) is 5.75 Å². The second-order valence-electron chi connectivity index (χ2n) is 1.42. The van der Waals surface area contributed by atoms with Crippen molar-refractivity contribution < 1.29 is 4.79 Å². The van der Waals surface area contributed by atoms with Crippen molar-refractivity contribution in [3.8, 4) is 0 Å². The van der Waals surface area contributed by atoms with Gasteiger partial charge in [0, 0.05) is 12.8 Å². The minimum Gasteiger partial charge on any atom is -0.350 e. The van der Waals surface area contributed by atoms with Crippen LogP contribution < -0.4 is 5.32 Å². The number of rotatable bonds is 1. The zero-order chi connectivity index (χ0) is 5.98. The third kappa shape index (κ3) is 1.96. The Labute approximate surface area is 56.8 Å². The molecule has 1 unspecified atom stereocenters. The lowest BCUT2D eigenvalue weighted by atomic mass is 11.0. The van der Waals surface area contributed by atoms with Gasteiger partial charge in [0.25, 0.3) is 5.24 Å². The normalized spacial score (nSPS) is 24.9. The van der Waals surface area contributed by atoms with Gasteiger partial charge in [-0.15, -0.1) is 11.8 Å². The Bertz CT molecular complexity index is 102. The quantitative estimate of drug-likeness (QED) is 0.567. The van der Waals surface area contributed by atoms with Crippen LogP contribution in [0.1, 0.15) is 0 Å². The van der Waals surface area contributed by atoms with Crippen LogP contribution in [-0.2, 0) is 0 Å². The van der Waals surface area contributed by atoms with E-state index in [4.69, 9.17) is 0 Å². The predicted octanol–water partition coefficient (Wildman–Crippen LogP) is 1.13. The molecule has 0 bridgehead atoms. The Morgan fingerprint density at radius 1 is 2.00 bits per heavy atom. The Morgan fingerprint density at radius 3 is 3.00 bits per heavy atom. The van der Waals surface area contributed by atoms with Crippen molar-refractivity contribution in [3.05, 3.63) is 0 Å². The molecule has 1 N–H and O–H groups in total. The molecule has 46 valence electrons. The summed E-state index contributed by atoms with van der Waals surface area (Å²) in [6.45, 7) is 0. The molecule has 0 saturated carbocycles. The minimum absolute atomic E-state index is 0.0833. The van der Waals surface area contributed by atoms with Gasteiger partial charge in [-0.2, -0.15) is 0 Å². The lowest BCUT2D eigenvalue weighted by Gasteiger charge is -1.91. The molecular formula is C4H7NOS2. The van der Waals surface area contributed by atoms with Crippen molar-refractivity contribution in [2.45, 2.75) is 4.58 Å². The van der Waals surface area contributed by atoms with E-state index in [1.54, 1.807) is 7.05 Å². The molecule has 1 saturated heterocycles. The van der Waals surface area contributed by atoms with E-state index in [9.17, 15) is 4.79 Å². The lowest BCUT2D eigenvalue weighted by Crippen LogP contribution is -2.11. The van der Waals surface area contributed by atoms with Crippen LogP contribution in [0.15, 0.2) is 0 Å². The Balaban J connectivity index is 2.07. The molecule has 2 nitrogen and oxygen atoms in total. The van der Waals surface area contributed by atoms with Gasteiger partial charge in [0.2, 0.25) is 0 Å². The summed E-state index contributed by atoms with van der Waals surface area (Å²) in [6.07, 6.45) is 0. The van der Waals surface area contributed by atoms with E-state index < -0.39 is 0 Å². The summed E-state index contributed by atoms with van der Waals surface area (Å²) in [4.78, 5) is 10.5. The van der Waals surface area contributed by atoms with Crippen LogP contribution >= 0.6 is 23.5 Å². The van der Waals surface area contributed by atoms with E-state index in [-0.39, 0.29) is 5.24 Å². The Hall–Kier alpha value is 0.170. The molecule has 1 aliphatic rings. The van der Waals surface area contributed by atoms with E-state index >= 15 is 0 Å². The zero-order valence-electron chi connectivity index (χ0n) is 4.51. The van der Waals surface area contributed by atoms with Gasteiger partial charge in [-0.05, 0) is 11.8 Å². The second-order valence-corrected chi connectivity index (χ2v) is 4.13. The molecule has 4 heteroatoms. The zero-order valence-corrected chi connectivity index (χ0v) is 6.14. The number of amides is 1. The predicted molar refractivity (Wildman–Crippen MR) is 38.3 cm³/mol. The molecule has 1 amide bonds. The number of carbonyl (C=O) groups is 1. The van der Waals surface area contributed by atoms with Crippen molar-refractivity contribution >= 4 is 28.8 Å². The summed E-state index contributed by atoms with van der Waals surface area (Å²) >= 11 is 3.19. The highest BCUT2D eigenvalue weighted by molar-refractivity contribution is 8.29. The molecule has 1 rings (SSSR count). The standard InChI is InChI=1S/C4H7NOS2/c1-5-4(6)8-3-2-7-3/h3H,2H2,1H3,(H,5,6). The van der Waals surface area contributed by atoms with Crippen LogP contribution in [0.5, 0.6) is 0 Å². The summed E-state index contributed by atoms with van der Waals surface area (Å²) in [5.74, 6) is 1.14. The van der Waals surface area contributed by atoms with Crippen molar-refractivity contribution in [1.29, 1.82) is 0 Å². The van der Waals surface area contributed by atoms with E-state index in [1.165, 1.54) is 11.8 Å². The molecule has 1 atom stereocenters. The van der Waals surface area contributed by atoms with Crippen LogP contribution in [-0.4, -0.2) is 22.6 Å². The van der Waals surface area contributed by atoms with Gasteiger partial charge in [-0.25, -0.2) is 0 Å². The fourth-order valence-corrected chi connectivity index (χ4v) is 1.76. The number of nitrogens with one attached hydrogen (secondary N) is 1. The van der Waals surface area contributed by atoms with Crippen LogP contribution in [0.2, 0.25) is 0 Å². The van der Waals surface area contributed by atoms with E-state index in [0.29, 0.717) is 4.58 Å². The first-order valence-corrected chi connectivity index (χ1v) is 4.25. The summed E-state index contributed by atoms with van der Waals surface area (Å²) < 4.78 is 0.551. The largest absolute Gasteiger partial charge is 0.350 e. The maximum absolute atomic E-state index is 10.5. The third-order valence-electron chi connectivity index (χ3n) is 0.745. The molecule has 1 heterocycles. The highest BCUT2D eigenvalue weighted by Gasteiger charge is 2.25. The third-order valence-corrected chi connectivity index (χ3v) is 3.14. The minimum atomic E-state index is 0.0833. The van der Waals surface area contributed by atoms with Gasteiger partial charge in [-0.1, -0.05) is 0 Å². The average Bonchev–Trinajstić information content (AvgIpc) is 2.50. The molecule has 0 aromatic rings. The highest BCUT2D eigenvalue weighted by atomic mass is 32.2. The number of hydrogen-bond acceptors (Lipinski definition) is 3. The molecular weight excluding hydrogens is 142 g/mol. The van der Waals surface area contributed by atoms with Crippen LogP contribution in [0, 0.1) is 0 Å². The summed E-state index contributed by atoms with van der Waals surface area (Å²) in [5, 5.41) is 2.63. The van der Waals surface area contributed by atoms with Crippen molar-refractivity contribution in [3.63, 3.8) is 0 Å². The van der Waals surface area contributed by atoms with E-state index in [2.05, 4.69) is 5.32 Å². The number of carbonyl (C=O) groups excluding carboxylic acids is 1. The van der Waals surface area contributed by atoms with Gasteiger partial charge in [0.1, 0.15) is 0 Å². The van der Waals surface area contributed by atoms with Crippen LogP contribution in [0.25, 0.3) is 0 Å². The number of hydrogen-bond donors (Lipinski definition) is 1. The molecule has 8 heavy (non-hydrogen) atoms. The highest BCUT2D eigenvalue weighted by Crippen LogP contribution is 2.39. The van der Waals surface area contributed by atoms with Crippen molar-refractivity contribution in [1.82, 2.24) is 5.32 Å². The van der Waals surface area contributed by atoms with Crippen molar-refractivity contribution in [2.75, 3.05) is 12.8 Å². The molecule has 0 spiro atoms. The molecule has 0 aromatic heterocycles. The summed E-state index contributed by atoms with van der Waals surface area (Å²) in [7, 11) is 1.66. The molecule has 1 fully saturated rings. The summed E-state index contributed by atoms with van der Waals surface area (Å²) in [6, 6.07) is 0. The van der Waals surface area contributed by atoms with Crippen molar-refractivity contribution in [2.24, 2.45) is 0 Å². The van der Waals surface area contributed by atoms with Gasteiger partial charge < -0.3 is 5.32 Å².